The predicted molar refractivity (Wildman–Crippen MR) is 141 cm³/mol. The lowest BCUT2D eigenvalue weighted by molar-refractivity contribution is -0.115. The Morgan fingerprint density at radius 3 is 2.21 bits per heavy atom. The van der Waals surface area contributed by atoms with E-state index in [-0.39, 0.29) is 39.9 Å². The van der Waals surface area contributed by atoms with E-state index in [1.54, 1.807) is 0 Å². The predicted octanol–water partition coefficient (Wildman–Crippen LogP) is 7.30. The number of nitrogens with zero attached hydrogens (tertiary/aromatic N) is 3. The second-order valence-electron chi connectivity index (χ2n) is 9.42. The molecule has 0 saturated heterocycles. The number of ether oxygens (including phenoxy) is 2. The molecule has 0 amide bonds. The highest BCUT2D eigenvalue weighted by molar-refractivity contribution is 5.91. The van der Waals surface area contributed by atoms with E-state index in [0.717, 1.165) is 12.0 Å². The summed E-state index contributed by atoms with van der Waals surface area (Å²) in [6.45, 7) is 0.832. The van der Waals surface area contributed by atoms with Gasteiger partial charge in [-0.25, -0.2) is 23.7 Å². The average Bonchev–Trinajstić information content (AvgIpc) is 2.86. The number of pyridine rings is 1. The normalized spacial score (nSPS) is 13.4. The van der Waals surface area contributed by atoms with Gasteiger partial charge < -0.3 is 20.5 Å². The third-order valence-corrected chi connectivity index (χ3v) is 6.56. The molecule has 2 aromatic heterocycles. The summed E-state index contributed by atoms with van der Waals surface area (Å²) in [5, 5.41) is 2.23. The number of fused-ring (bicyclic) bond motifs is 1. The van der Waals surface area contributed by atoms with Gasteiger partial charge in [0.2, 0.25) is 5.95 Å². The van der Waals surface area contributed by atoms with Crippen LogP contribution in [0.4, 0.5) is 33.7 Å². The van der Waals surface area contributed by atoms with Gasteiger partial charge in [0.05, 0.1) is 25.5 Å². The van der Waals surface area contributed by atoms with Crippen LogP contribution in [-0.4, -0.2) is 41.9 Å². The lowest BCUT2D eigenvalue weighted by Gasteiger charge is -2.24. The SMILES string of the molecule is CCCCCCC1CCC1.COc1cc(OC)c(F)c(-c2cc3cnc(N)nc3c(NCC(F)(F)F)n2)c1F. The van der Waals surface area contributed by atoms with E-state index < -0.39 is 29.9 Å². The molecule has 2 heterocycles. The Labute approximate surface area is 224 Å². The molecule has 0 spiro atoms. The first-order valence-corrected chi connectivity index (χ1v) is 12.9. The topological polar surface area (TPSA) is 95.2 Å². The van der Waals surface area contributed by atoms with E-state index in [1.165, 1.54) is 77.8 Å². The highest BCUT2D eigenvalue weighted by Gasteiger charge is 2.28. The molecule has 1 aromatic carbocycles. The van der Waals surface area contributed by atoms with E-state index in [4.69, 9.17) is 15.2 Å². The minimum Gasteiger partial charge on any atom is -0.494 e. The summed E-state index contributed by atoms with van der Waals surface area (Å²) >= 11 is 0. The van der Waals surface area contributed by atoms with Gasteiger partial charge in [-0.05, 0) is 12.0 Å². The van der Waals surface area contributed by atoms with Crippen molar-refractivity contribution < 1.29 is 31.4 Å². The first kappa shape index (κ1) is 30.1. The summed E-state index contributed by atoms with van der Waals surface area (Å²) in [4.78, 5) is 11.6. The molecule has 3 aromatic rings. The summed E-state index contributed by atoms with van der Waals surface area (Å²) in [5.41, 5.74) is 4.49. The number of nitrogens with one attached hydrogen (secondary N) is 1. The maximum Gasteiger partial charge on any atom is 0.405 e. The van der Waals surface area contributed by atoms with E-state index in [0.29, 0.717) is 0 Å². The average molecular weight is 556 g/mol. The lowest BCUT2D eigenvalue weighted by Crippen LogP contribution is -2.22. The zero-order chi connectivity index (χ0) is 28.6. The minimum absolute atomic E-state index is 0.0406. The molecule has 1 saturated carbocycles. The van der Waals surface area contributed by atoms with Crippen LogP contribution < -0.4 is 20.5 Å². The summed E-state index contributed by atoms with van der Waals surface area (Å²) in [6, 6.07) is 2.22. The smallest absolute Gasteiger partial charge is 0.405 e. The van der Waals surface area contributed by atoms with Crippen LogP contribution in [0, 0.1) is 17.6 Å². The van der Waals surface area contributed by atoms with Gasteiger partial charge in [-0.2, -0.15) is 13.2 Å². The Balaban J connectivity index is 0.000000353. The van der Waals surface area contributed by atoms with Gasteiger partial charge in [0.15, 0.2) is 29.0 Å². The molecule has 7 nitrogen and oxygen atoms in total. The van der Waals surface area contributed by atoms with Gasteiger partial charge in [-0.1, -0.05) is 58.3 Å². The Bertz CT molecular complexity index is 1220. The number of hydrogen-bond acceptors (Lipinski definition) is 7. The number of nitrogen functional groups attached to an aromatic ring is 1. The standard InChI is InChI=1S/C17H14F5N5O2.C10H20/c1-28-9-4-10(29-2)13(19)11(12(9)18)8-3-7-5-24-16(23)27-14(7)15(26-8)25-6-17(20,21)22;1-2-3-4-5-7-10-8-6-9-10/h3-5H,6H2,1-2H3,(H,25,26)(H2,23,24,27);10H,2-9H2,1H3. The number of unbranched alkanes of at least 4 members (excludes halogenated alkanes) is 3. The maximum absolute atomic E-state index is 14.8. The second-order valence-corrected chi connectivity index (χ2v) is 9.42. The first-order chi connectivity index (χ1) is 18.6. The number of halogens is 5. The molecule has 0 unspecified atom stereocenters. The molecule has 1 aliphatic rings. The molecule has 4 rings (SSSR count). The van der Waals surface area contributed by atoms with Crippen LogP contribution >= 0.6 is 0 Å². The first-order valence-electron chi connectivity index (χ1n) is 12.9. The quantitative estimate of drug-likeness (QED) is 0.200. The van der Waals surface area contributed by atoms with E-state index in [2.05, 4.69) is 27.2 Å². The number of nitrogens with two attached hydrogens (primary N) is 1. The molecular formula is C27H34F5N5O2. The molecule has 0 atom stereocenters. The number of aromatic nitrogens is 3. The molecule has 1 fully saturated rings. The summed E-state index contributed by atoms with van der Waals surface area (Å²) in [7, 11) is 2.33. The number of benzene rings is 1. The molecule has 0 bridgehead atoms. The Hall–Kier alpha value is -3.44. The van der Waals surface area contributed by atoms with Gasteiger partial charge in [-0.15, -0.1) is 0 Å². The highest BCUT2D eigenvalue weighted by atomic mass is 19.4. The number of rotatable bonds is 10. The van der Waals surface area contributed by atoms with Crippen molar-refractivity contribution in [3.8, 4) is 22.8 Å². The fourth-order valence-electron chi connectivity index (χ4n) is 4.24. The van der Waals surface area contributed by atoms with Gasteiger partial charge in [0.25, 0.3) is 0 Å². The van der Waals surface area contributed by atoms with Crippen molar-refractivity contribution in [2.45, 2.75) is 64.5 Å². The fraction of sp³-hybridized carbons (Fsp3) is 0.519. The number of alkyl halides is 3. The summed E-state index contributed by atoms with van der Waals surface area (Å²) < 4.78 is 77.3. The molecule has 12 heteroatoms. The van der Waals surface area contributed by atoms with Crippen molar-refractivity contribution in [1.29, 1.82) is 0 Å². The van der Waals surface area contributed by atoms with E-state index in [1.807, 2.05) is 0 Å². The van der Waals surface area contributed by atoms with Crippen molar-refractivity contribution >= 4 is 22.7 Å². The third kappa shape index (κ3) is 8.03. The van der Waals surface area contributed by atoms with Crippen molar-refractivity contribution in [2.24, 2.45) is 5.92 Å². The van der Waals surface area contributed by atoms with E-state index in [9.17, 15) is 22.0 Å². The summed E-state index contributed by atoms with van der Waals surface area (Å²) in [5.74, 6) is -2.31. The monoisotopic (exact) mass is 555 g/mol. The molecular weight excluding hydrogens is 521 g/mol. The van der Waals surface area contributed by atoms with Crippen molar-refractivity contribution in [1.82, 2.24) is 15.0 Å². The Kier molecular flexibility index (Phi) is 10.5. The van der Waals surface area contributed by atoms with Crippen LogP contribution in [0.25, 0.3) is 22.2 Å². The van der Waals surface area contributed by atoms with Crippen LogP contribution in [-0.2, 0) is 0 Å². The van der Waals surface area contributed by atoms with Crippen LogP contribution in [0.3, 0.4) is 0 Å². The van der Waals surface area contributed by atoms with Crippen LogP contribution in [0.5, 0.6) is 11.5 Å². The molecule has 0 radical (unpaired) electrons. The molecule has 3 N–H and O–H groups in total. The largest absolute Gasteiger partial charge is 0.494 e. The van der Waals surface area contributed by atoms with Crippen LogP contribution in [0.2, 0.25) is 0 Å². The van der Waals surface area contributed by atoms with Crippen molar-refractivity contribution in [2.75, 3.05) is 31.8 Å². The highest BCUT2D eigenvalue weighted by Crippen LogP contribution is 2.38. The lowest BCUT2D eigenvalue weighted by atomic mass is 9.82. The Morgan fingerprint density at radius 1 is 1.00 bits per heavy atom. The maximum atomic E-state index is 14.8. The van der Waals surface area contributed by atoms with Gasteiger partial charge in [0, 0.05) is 17.6 Å². The fourth-order valence-corrected chi connectivity index (χ4v) is 4.24. The molecule has 214 valence electrons. The number of methoxy groups -OCH3 is 2. The van der Waals surface area contributed by atoms with Crippen LogP contribution in [0.1, 0.15) is 58.3 Å². The molecule has 0 aliphatic heterocycles. The zero-order valence-electron chi connectivity index (χ0n) is 22.3. The zero-order valence-corrected chi connectivity index (χ0v) is 22.3. The van der Waals surface area contributed by atoms with Gasteiger partial charge in [-0.3, -0.25) is 0 Å². The van der Waals surface area contributed by atoms with Gasteiger partial charge >= 0.3 is 6.18 Å². The van der Waals surface area contributed by atoms with Gasteiger partial charge in [0.1, 0.15) is 12.1 Å². The summed E-state index contributed by atoms with van der Waals surface area (Å²) in [6.07, 6.45) is 8.55. The third-order valence-electron chi connectivity index (χ3n) is 6.56. The Morgan fingerprint density at radius 2 is 1.67 bits per heavy atom. The van der Waals surface area contributed by atoms with Crippen molar-refractivity contribution in [3.63, 3.8) is 0 Å². The van der Waals surface area contributed by atoms with Crippen molar-refractivity contribution in [3.05, 3.63) is 30.0 Å². The van der Waals surface area contributed by atoms with E-state index >= 15 is 0 Å². The second kappa shape index (κ2) is 13.6. The number of hydrogen-bond donors (Lipinski definition) is 2. The minimum atomic E-state index is -4.57. The molecule has 39 heavy (non-hydrogen) atoms. The molecule has 1 aliphatic carbocycles. The number of anilines is 2. The van der Waals surface area contributed by atoms with Crippen LogP contribution in [0.15, 0.2) is 18.3 Å².